The van der Waals surface area contributed by atoms with Gasteiger partial charge >= 0.3 is 0 Å². The second-order valence-electron chi connectivity index (χ2n) is 6.45. The zero-order valence-electron chi connectivity index (χ0n) is 13.3. The predicted molar refractivity (Wildman–Crippen MR) is 88.3 cm³/mol. The third-order valence-corrected chi connectivity index (χ3v) is 4.57. The zero-order valence-corrected chi connectivity index (χ0v) is 13.3. The van der Waals surface area contributed by atoms with Crippen molar-refractivity contribution in [3.63, 3.8) is 0 Å². The molecule has 1 aliphatic rings. The molecule has 116 valence electrons. The molecule has 0 radical (unpaired) electrons. The lowest BCUT2D eigenvalue weighted by molar-refractivity contribution is -0.117. The Morgan fingerprint density at radius 2 is 1.86 bits per heavy atom. The molecule has 1 unspecified atom stereocenters. The van der Waals surface area contributed by atoms with Crippen molar-refractivity contribution < 1.29 is 4.79 Å². The number of para-hydroxylation sites is 1. The summed E-state index contributed by atoms with van der Waals surface area (Å²) in [5.41, 5.74) is 0.859. The highest BCUT2D eigenvalue weighted by Gasteiger charge is 2.18. The van der Waals surface area contributed by atoms with Crippen LogP contribution in [0.1, 0.15) is 46.0 Å². The Hall–Kier alpha value is -1.35. The SMILES string of the molecule is CC1CCC(CCNC(C)C(=O)Nc2ccccc2)CC1. The fraction of sp³-hybridized carbons (Fsp3) is 0.611. The lowest BCUT2D eigenvalue weighted by Crippen LogP contribution is -2.39. The summed E-state index contributed by atoms with van der Waals surface area (Å²) in [5.74, 6) is 1.79. The first-order valence-corrected chi connectivity index (χ1v) is 8.24. The Balaban J connectivity index is 1.65. The Morgan fingerprint density at radius 1 is 1.19 bits per heavy atom. The molecule has 1 aromatic rings. The third kappa shape index (κ3) is 5.50. The van der Waals surface area contributed by atoms with Crippen LogP contribution < -0.4 is 10.6 Å². The molecule has 0 saturated heterocycles. The van der Waals surface area contributed by atoms with E-state index in [1.807, 2.05) is 37.3 Å². The number of rotatable bonds is 6. The summed E-state index contributed by atoms with van der Waals surface area (Å²) in [6.45, 7) is 5.22. The number of carbonyl (C=O) groups excluding carboxylic acids is 1. The number of anilines is 1. The van der Waals surface area contributed by atoms with E-state index in [2.05, 4.69) is 17.6 Å². The topological polar surface area (TPSA) is 41.1 Å². The molecule has 0 aromatic heterocycles. The van der Waals surface area contributed by atoms with E-state index in [-0.39, 0.29) is 11.9 Å². The van der Waals surface area contributed by atoms with Gasteiger partial charge < -0.3 is 10.6 Å². The van der Waals surface area contributed by atoms with Gasteiger partial charge in [0.15, 0.2) is 0 Å². The molecule has 1 atom stereocenters. The zero-order chi connectivity index (χ0) is 15.1. The van der Waals surface area contributed by atoms with Crippen molar-refractivity contribution in [2.45, 2.75) is 52.0 Å². The molecule has 0 heterocycles. The van der Waals surface area contributed by atoms with Gasteiger partial charge in [0.25, 0.3) is 0 Å². The largest absolute Gasteiger partial charge is 0.325 e. The maximum atomic E-state index is 12.1. The van der Waals surface area contributed by atoms with E-state index in [1.54, 1.807) is 0 Å². The molecule has 1 saturated carbocycles. The van der Waals surface area contributed by atoms with Gasteiger partial charge in [-0.3, -0.25) is 4.79 Å². The summed E-state index contributed by atoms with van der Waals surface area (Å²) in [5, 5.41) is 6.28. The highest BCUT2D eigenvalue weighted by Crippen LogP contribution is 2.29. The predicted octanol–water partition coefficient (Wildman–Crippen LogP) is 3.82. The molecule has 21 heavy (non-hydrogen) atoms. The Morgan fingerprint density at radius 3 is 2.52 bits per heavy atom. The first-order valence-electron chi connectivity index (χ1n) is 8.24. The summed E-state index contributed by atoms with van der Waals surface area (Å²) in [4.78, 5) is 12.1. The van der Waals surface area contributed by atoms with Crippen LogP contribution in [0.15, 0.2) is 30.3 Å². The quantitative estimate of drug-likeness (QED) is 0.835. The molecule has 1 aromatic carbocycles. The lowest BCUT2D eigenvalue weighted by Gasteiger charge is -2.26. The van der Waals surface area contributed by atoms with Gasteiger partial charge in [-0.25, -0.2) is 0 Å². The van der Waals surface area contributed by atoms with Gasteiger partial charge in [-0.05, 0) is 43.9 Å². The fourth-order valence-electron chi connectivity index (χ4n) is 2.99. The molecule has 1 aliphatic carbocycles. The maximum Gasteiger partial charge on any atom is 0.241 e. The highest BCUT2D eigenvalue weighted by molar-refractivity contribution is 5.94. The molecule has 2 rings (SSSR count). The van der Waals surface area contributed by atoms with Crippen LogP contribution in [0.3, 0.4) is 0 Å². The van der Waals surface area contributed by atoms with Gasteiger partial charge in [0.1, 0.15) is 0 Å². The number of amides is 1. The lowest BCUT2D eigenvalue weighted by atomic mass is 9.81. The smallest absolute Gasteiger partial charge is 0.241 e. The van der Waals surface area contributed by atoms with Crippen molar-refractivity contribution >= 4 is 11.6 Å². The van der Waals surface area contributed by atoms with E-state index in [4.69, 9.17) is 0 Å². The number of carbonyl (C=O) groups is 1. The maximum absolute atomic E-state index is 12.1. The fourth-order valence-corrected chi connectivity index (χ4v) is 2.99. The average molecular weight is 288 g/mol. The van der Waals surface area contributed by atoms with E-state index in [9.17, 15) is 4.79 Å². The number of hydrogen-bond acceptors (Lipinski definition) is 2. The molecule has 1 amide bonds. The minimum Gasteiger partial charge on any atom is -0.325 e. The van der Waals surface area contributed by atoms with Gasteiger partial charge in [0.05, 0.1) is 6.04 Å². The van der Waals surface area contributed by atoms with Crippen LogP contribution in [0, 0.1) is 11.8 Å². The summed E-state index contributed by atoms with van der Waals surface area (Å²) < 4.78 is 0. The molecule has 0 bridgehead atoms. The number of hydrogen-bond donors (Lipinski definition) is 2. The molecule has 3 heteroatoms. The van der Waals surface area contributed by atoms with E-state index in [0.717, 1.165) is 24.1 Å². The normalized spacial score (nSPS) is 23.5. The van der Waals surface area contributed by atoms with Crippen molar-refractivity contribution in [1.82, 2.24) is 5.32 Å². The minimum absolute atomic E-state index is 0.0402. The van der Waals surface area contributed by atoms with Crippen LogP contribution in [0.4, 0.5) is 5.69 Å². The van der Waals surface area contributed by atoms with Crippen molar-refractivity contribution in [2.24, 2.45) is 11.8 Å². The summed E-state index contributed by atoms with van der Waals surface area (Å²) in [7, 11) is 0. The first-order chi connectivity index (χ1) is 10.1. The van der Waals surface area contributed by atoms with E-state index in [1.165, 1.54) is 32.1 Å². The van der Waals surface area contributed by atoms with Crippen molar-refractivity contribution in [1.29, 1.82) is 0 Å². The van der Waals surface area contributed by atoms with Crippen LogP contribution in [-0.4, -0.2) is 18.5 Å². The molecule has 0 aliphatic heterocycles. The highest BCUT2D eigenvalue weighted by atomic mass is 16.2. The molecule has 3 nitrogen and oxygen atoms in total. The second-order valence-corrected chi connectivity index (χ2v) is 6.45. The van der Waals surface area contributed by atoms with Gasteiger partial charge in [-0.15, -0.1) is 0 Å². The molecule has 1 fully saturated rings. The van der Waals surface area contributed by atoms with Crippen molar-refractivity contribution in [3.8, 4) is 0 Å². The van der Waals surface area contributed by atoms with E-state index < -0.39 is 0 Å². The summed E-state index contributed by atoms with van der Waals surface area (Å²) in [6, 6.07) is 9.48. The van der Waals surface area contributed by atoms with Gasteiger partial charge in [-0.1, -0.05) is 50.8 Å². The minimum atomic E-state index is -0.146. The van der Waals surface area contributed by atoms with Crippen LogP contribution in [0.25, 0.3) is 0 Å². The van der Waals surface area contributed by atoms with Crippen molar-refractivity contribution in [3.05, 3.63) is 30.3 Å². The Bertz CT molecular complexity index is 424. The molecular formula is C18H28N2O. The average Bonchev–Trinajstić information content (AvgIpc) is 2.50. The van der Waals surface area contributed by atoms with Gasteiger partial charge in [0.2, 0.25) is 5.91 Å². The monoisotopic (exact) mass is 288 g/mol. The second kappa shape index (κ2) is 8.18. The first kappa shape index (κ1) is 16.0. The van der Waals surface area contributed by atoms with E-state index >= 15 is 0 Å². The summed E-state index contributed by atoms with van der Waals surface area (Å²) in [6.07, 6.45) is 6.64. The van der Waals surface area contributed by atoms with Gasteiger partial charge in [-0.2, -0.15) is 0 Å². The molecule has 2 N–H and O–H groups in total. The Labute approximate surface area is 128 Å². The number of benzene rings is 1. The van der Waals surface area contributed by atoms with Crippen LogP contribution in [-0.2, 0) is 4.79 Å². The molecular weight excluding hydrogens is 260 g/mol. The van der Waals surface area contributed by atoms with Gasteiger partial charge in [0, 0.05) is 5.69 Å². The van der Waals surface area contributed by atoms with E-state index in [0.29, 0.717) is 0 Å². The third-order valence-electron chi connectivity index (χ3n) is 4.57. The van der Waals surface area contributed by atoms with Crippen molar-refractivity contribution in [2.75, 3.05) is 11.9 Å². The van der Waals surface area contributed by atoms with Crippen LogP contribution >= 0.6 is 0 Å². The van der Waals surface area contributed by atoms with Crippen LogP contribution in [0.2, 0.25) is 0 Å². The van der Waals surface area contributed by atoms with Crippen LogP contribution in [0.5, 0.6) is 0 Å². The Kier molecular flexibility index (Phi) is 6.24. The standard InChI is InChI=1S/C18H28N2O/c1-14-8-10-16(11-9-14)12-13-19-15(2)18(21)20-17-6-4-3-5-7-17/h3-7,14-16,19H,8-13H2,1-2H3,(H,20,21). The summed E-state index contributed by atoms with van der Waals surface area (Å²) >= 11 is 0. The number of nitrogens with one attached hydrogen (secondary N) is 2. The molecule has 0 spiro atoms.